The molecule has 140 valence electrons. The number of carbonyl (C=O) groups excluding carboxylic acids is 1. The first-order valence-corrected chi connectivity index (χ1v) is 9.77. The standard InChI is InChI=1S/C22H30N2O2/c1-5-8-21-23-18-9-6-7-10-19(18)24(21)14-22(25)26-20-13-16(4)11-12-17(20)15(2)3/h5-10,15-17,20H,11-14H2,1-4H3/b8-5+/t16-,17?,20-/m1/s1. The van der Waals surface area contributed by atoms with E-state index in [-0.39, 0.29) is 18.6 Å². The Morgan fingerprint density at radius 3 is 2.85 bits per heavy atom. The summed E-state index contributed by atoms with van der Waals surface area (Å²) >= 11 is 0. The maximum atomic E-state index is 12.8. The highest BCUT2D eigenvalue weighted by Gasteiger charge is 2.33. The summed E-state index contributed by atoms with van der Waals surface area (Å²) in [5.74, 6) is 2.25. The molecule has 1 unspecified atom stereocenters. The summed E-state index contributed by atoms with van der Waals surface area (Å²) < 4.78 is 7.93. The maximum absolute atomic E-state index is 12.8. The average molecular weight is 354 g/mol. The number of ether oxygens (including phenoxy) is 1. The summed E-state index contributed by atoms with van der Waals surface area (Å²) in [6.45, 7) is 8.88. The predicted molar refractivity (Wildman–Crippen MR) is 106 cm³/mol. The molecule has 0 bridgehead atoms. The van der Waals surface area contributed by atoms with Crippen LogP contribution >= 0.6 is 0 Å². The van der Waals surface area contributed by atoms with Gasteiger partial charge in [-0.2, -0.15) is 0 Å². The number of hydrogen-bond donors (Lipinski definition) is 0. The molecule has 1 aromatic heterocycles. The zero-order valence-electron chi connectivity index (χ0n) is 16.3. The van der Waals surface area contributed by atoms with Gasteiger partial charge in [0.25, 0.3) is 0 Å². The Balaban J connectivity index is 1.79. The van der Waals surface area contributed by atoms with Gasteiger partial charge in [0.15, 0.2) is 0 Å². The number of fused-ring (bicyclic) bond motifs is 1. The number of nitrogens with zero attached hydrogens (tertiary/aromatic N) is 2. The molecule has 0 amide bonds. The van der Waals surface area contributed by atoms with Gasteiger partial charge >= 0.3 is 5.97 Å². The van der Waals surface area contributed by atoms with Gasteiger partial charge in [-0.15, -0.1) is 0 Å². The number of hydrogen-bond acceptors (Lipinski definition) is 3. The first kappa shape index (κ1) is 18.7. The summed E-state index contributed by atoms with van der Waals surface area (Å²) in [5, 5.41) is 0. The fraction of sp³-hybridized carbons (Fsp3) is 0.545. The molecule has 1 aliphatic carbocycles. The van der Waals surface area contributed by atoms with Gasteiger partial charge < -0.3 is 9.30 Å². The van der Waals surface area contributed by atoms with E-state index in [9.17, 15) is 4.79 Å². The topological polar surface area (TPSA) is 44.1 Å². The highest BCUT2D eigenvalue weighted by molar-refractivity contribution is 5.80. The second-order valence-corrected chi connectivity index (χ2v) is 7.90. The number of esters is 1. The van der Waals surface area contributed by atoms with Gasteiger partial charge in [0.2, 0.25) is 0 Å². The van der Waals surface area contributed by atoms with Crippen molar-refractivity contribution in [3.63, 3.8) is 0 Å². The normalized spacial score (nSPS) is 23.8. The van der Waals surface area contributed by atoms with E-state index in [0.717, 1.165) is 29.7 Å². The van der Waals surface area contributed by atoms with E-state index in [1.807, 2.05) is 47.9 Å². The Labute approximate surface area is 156 Å². The van der Waals surface area contributed by atoms with E-state index < -0.39 is 0 Å². The molecule has 0 aliphatic heterocycles. The first-order chi connectivity index (χ1) is 12.5. The second-order valence-electron chi connectivity index (χ2n) is 7.90. The molecule has 4 heteroatoms. The second kappa shape index (κ2) is 8.07. The number of benzene rings is 1. The van der Waals surface area contributed by atoms with Crippen LogP contribution in [0.5, 0.6) is 0 Å². The van der Waals surface area contributed by atoms with Crippen molar-refractivity contribution in [3.8, 4) is 0 Å². The molecule has 1 aromatic carbocycles. The lowest BCUT2D eigenvalue weighted by Crippen LogP contribution is -2.36. The van der Waals surface area contributed by atoms with Crippen molar-refractivity contribution in [2.24, 2.45) is 17.8 Å². The van der Waals surface area contributed by atoms with E-state index >= 15 is 0 Å². The predicted octanol–water partition coefficient (Wildman–Crippen LogP) is 5.07. The SMILES string of the molecule is C/C=C/c1nc2ccccc2n1CC(=O)O[C@@H]1C[C@H](C)CCC1C(C)C. The molecule has 0 spiro atoms. The van der Waals surface area contributed by atoms with Crippen LogP contribution in [0.1, 0.15) is 52.8 Å². The minimum Gasteiger partial charge on any atom is -0.461 e. The third-order valence-corrected chi connectivity index (χ3v) is 5.53. The van der Waals surface area contributed by atoms with Crippen LogP contribution in [0.3, 0.4) is 0 Å². The highest BCUT2D eigenvalue weighted by Crippen LogP contribution is 2.35. The van der Waals surface area contributed by atoms with Gasteiger partial charge in [-0.3, -0.25) is 4.79 Å². The molecule has 4 nitrogen and oxygen atoms in total. The Kier molecular flexibility index (Phi) is 5.80. The largest absolute Gasteiger partial charge is 0.461 e. The van der Waals surface area contributed by atoms with E-state index in [1.165, 1.54) is 6.42 Å². The van der Waals surface area contributed by atoms with Crippen LogP contribution in [0.2, 0.25) is 0 Å². The van der Waals surface area contributed by atoms with Gasteiger partial charge in [0.05, 0.1) is 11.0 Å². The summed E-state index contributed by atoms with van der Waals surface area (Å²) in [6, 6.07) is 7.92. The van der Waals surface area contributed by atoms with E-state index in [2.05, 4.69) is 25.8 Å². The Morgan fingerprint density at radius 1 is 1.35 bits per heavy atom. The average Bonchev–Trinajstić information content (AvgIpc) is 2.92. The van der Waals surface area contributed by atoms with Crippen molar-refractivity contribution >= 4 is 23.1 Å². The summed E-state index contributed by atoms with van der Waals surface area (Å²) in [7, 11) is 0. The van der Waals surface area contributed by atoms with Crippen molar-refractivity contribution in [2.45, 2.75) is 59.6 Å². The Morgan fingerprint density at radius 2 is 2.12 bits per heavy atom. The van der Waals surface area contributed by atoms with Crippen molar-refractivity contribution < 1.29 is 9.53 Å². The molecular weight excluding hydrogens is 324 g/mol. The monoisotopic (exact) mass is 354 g/mol. The third kappa shape index (κ3) is 4.00. The molecule has 3 rings (SSSR count). The summed E-state index contributed by atoms with van der Waals surface area (Å²) in [4.78, 5) is 17.4. The zero-order valence-corrected chi connectivity index (χ0v) is 16.3. The van der Waals surface area contributed by atoms with E-state index in [0.29, 0.717) is 17.8 Å². The van der Waals surface area contributed by atoms with Crippen LogP contribution in [0.15, 0.2) is 30.3 Å². The minimum absolute atomic E-state index is 0.0335. The van der Waals surface area contributed by atoms with Crippen molar-refractivity contribution in [2.75, 3.05) is 0 Å². The minimum atomic E-state index is -0.163. The van der Waals surface area contributed by atoms with Gasteiger partial charge in [0, 0.05) is 0 Å². The van der Waals surface area contributed by atoms with E-state index in [1.54, 1.807) is 0 Å². The number of rotatable bonds is 5. The van der Waals surface area contributed by atoms with Crippen LogP contribution in [0, 0.1) is 17.8 Å². The van der Waals surface area contributed by atoms with Crippen LogP contribution < -0.4 is 0 Å². The fourth-order valence-corrected chi connectivity index (χ4v) is 4.12. The van der Waals surface area contributed by atoms with Gasteiger partial charge in [-0.05, 0) is 55.7 Å². The number of aromatic nitrogens is 2. The lowest BCUT2D eigenvalue weighted by molar-refractivity contribution is -0.156. The molecule has 1 aliphatic rings. The molecule has 0 saturated heterocycles. The maximum Gasteiger partial charge on any atom is 0.326 e. The molecule has 1 saturated carbocycles. The summed E-state index contributed by atoms with van der Waals surface area (Å²) in [6.07, 6.45) is 7.27. The molecule has 1 heterocycles. The van der Waals surface area contributed by atoms with Crippen LogP contribution in [0.4, 0.5) is 0 Å². The highest BCUT2D eigenvalue weighted by atomic mass is 16.5. The molecule has 1 fully saturated rings. The van der Waals surface area contributed by atoms with Gasteiger partial charge in [0.1, 0.15) is 18.5 Å². The molecular formula is C22H30N2O2. The van der Waals surface area contributed by atoms with E-state index in [4.69, 9.17) is 4.74 Å². The molecule has 3 atom stereocenters. The third-order valence-electron chi connectivity index (χ3n) is 5.53. The first-order valence-electron chi connectivity index (χ1n) is 9.77. The van der Waals surface area contributed by atoms with Crippen LogP contribution in [-0.2, 0) is 16.1 Å². The lowest BCUT2D eigenvalue weighted by Gasteiger charge is -2.36. The van der Waals surface area contributed by atoms with Crippen molar-refractivity contribution in [1.29, 1.82) is 0 Å². The quantitative estimate of drug-likeness (QED) is 0.704. The molecule has 0 N–H and O–H groups in total. The molecule has 2 aromatic rings. The van der Waals surface area contributed by atoms with Crippen LogP contribution in [0.25, 0.3) is 17.1 Å². The van der Waals surface area contributed by atoms with Gasteiger partial charge in [-0.25, -0.2) is 4.98 Å². The number of para-hydroxylation sites is 2. The van der Waals surface area contributed by atoms with Gasteiger partial charge in [-0.1, -0.05) is 45.4 Å². The fourth-order valence-electron chi connectivity index (χ4n) is 4.12. The number of imidazole rings is 1. The Bertz CT molecular complexity index is 791. The molecule has 0 radical (unpaired) electrons. The van der Waals surface area contributed by atoms with Crippen molar-refractivity contribution in [1.82, 2.24) is 9.55 Å². The summed E-state index contributed by atoms with van der Waals surface area (Å²) in [5.41, 5.74) is 1.87. The lowest BCUT2D eigenvalue weighted by atomic mass is 9.75. The Hall–Kier alpha value is -2.10. The van der Waals surface area contributed by atoms with Crippen molar-refractivity contribution in [3.05, 3.63) is 36.2 Å². The number of allylic oxidation sites excluding steroid dienone is 1. The smallest absolute Gasteiger partial charge is 0.326 e. The van der Waals surface area contributed by atoms with Crippen LogP contribution in [-0.4, -0.2) is 21.6 Å². The molecule has 26 heavy (non-hydrogen) atoms. The zero-order chi connectivity index (χ0) is 18.7. The number of carbonyl (C=O) groups is 1.